The van der Waals surface area contributed by atoms with Crippen molar-refractivity contribution in [3.05, 3.63) is 125 Å². The molecular weight excluding hydrogens is 577 g/mol. The van der Waals surface area contributed by atoms with Crippen molar-refractivity contribution < 1.29 is 32.7 Å². The van der Waals surface area contributed by atoms with Crippen LogP contribution in [-0.2, 0) is 36.4 Å². The van der Waals surface area contributed by atoms with Crippen LogP contribution >= 0.6 is 7.60 Å². The molecule has 1 aliphatic carbocycles. The maximum absolute atomic E-state index is 13.2. The summed E-state index contributed by atoms with van der Waals surface area (Å²) in [6.45, 7) is 5.16. The van der Waals surface area contributed by atoms with Gasteiger partial charge in [0.2, 0.25) is 0 Å². The molecule has 0 aromatic heterocycles. The van der Waals surface area contributed by atoms with Crippen molar-refractivity contribution in [2.75, 3.05) is 13.3 Å². The first-order valence-corrected chi connectivity index (χ1v) is 16.5. The van der Waals surface area contributed by atoms with Gasteiger partial charge in [-0.1, -0.05) is 91.0 Å². The largest absolute Gasteiger partial charge is 0.459 e. The molecule has 0 saturated carbocycles. The number of fused-ring (bicyclic) bond motifs is 3. The van der Waals surface area contributed by atoms with Gasteiger partial charge in [-0.15, -0.1) is 0 Å². The van der Waals surface area contributed by atoms with E-state index in [4.69, 9.17) is 18.5 Å². The number of benzene rings is 4. The summed E-state index contributed by atoms with van der Waals surface area (Å²) in [4.78, 5) is 26.3. The molecule has 1 amide bonds. The van der Waals surface area contributed by atoms with Gasteiger partial charge < -0.3 is 19.3 Å². The van der Waals surface area contributed by atoms with E-state index in [0.717, 1.165) is 33.4 Å². The number of amides is 1. The van der Waals surface area contributed by atoms with Crippen molar-refractivity contribution in [1.82, 2.24) is 5.32 Å². The number of alkyl carbamates (subject to hydrolysis) is 1. The topological polar surface area (TPSA) is 100 Å². The van der Waals surface area contributed by atoms with Gasteiger partial charge in [0.15, 0.2) is 0 Å². The van der Waals surface area contributed by atoms with Crippen LogP contribution in [-0.4, -0.2) is 37.5 Å². The summed E-state index contributed by atoms with van der Waals surface area (Å²) >= 11 is 0. The first kappa shape index (κ1) is 31.0. The van der Waals surface area contributed by atoms with Crippen LogP contribution in [0.25, 0.3) is 11.1 Å². The first-order chi connectivity index (χ1) is 21.2. The summed E-state index contributed by atoms with van der Waals surface area (Å²) in [6.07, 6.45) is -0.826. The highest BCUT2D eigenvalue weighted by Crippen LogP contribution is 2.46. The van der Waals surface area contributed by atoms with E-state index < -0.39 is 25.7 Å². The summed E-state index contributed by atoms with van der Waals surface area (Å²) in [5, 5.41) is 2.72. The number of carbonyl (C=O) groups is 2. The molecule has 1 aliphatic rings. The minimum atomic E-state index is -3.29. The molecule has 1 N–H and O–H groups in total. The number of esters is 1. The van der Waals surface area contributed by atoms with E-state index in [1.807, 2.05) is 66.7 Å². The average Bonchev–Trinajstić information content (AvgIpc) is 3.32. The molecule has 0 heterocycles. The molecule has 8 nitrogen and oxygen atoms in total. The van der Waals surface area contributed by atoms with E-state index in [1.165, 1.54) is 6.66 Å². The van der Waals surface area contributed by atoms with Gasteiger partial charge in [-0.2, -0.15) is 0 Å². The highest BCUT2D eigenvalue weighted by atomic mass is 31.2. The highest BCUT2D eigenvalue weighted by Gasteiger charge is 2.30. The molecule has 0 bridgehead atoms. The van der Waals surface area contributed by atoms with Gasteiger partial charge in [0.25, 0.3) is 0 Å². The van der Waals surface area contributed by atoms with Crippen molar-refractivity contribution >= 4 is 19.7 Å². The van der Waals surface area contributed by atoms with Gasteiger partial charge in [-0.3, -0.25) is 4.52 Å². The molecule has 0 aliphatic heterocycles. The van der Waals surface area contributed by atoms with Gasteiger partial charge in [0.1, 0.15) is 25.0 Å². The number of carbonyl (C=O) groups excluding carboxylic acids is 2. The van der Waals surface area contributed by atoms with E-state index in [2.05, 4.69) is 17.4 Å². The molecule has 0 spiro atoms. The molecule has 4 aromatic carbocycles. The zero-order valence-electron chi connectivity index (χ0n) is 25.0. The maximum Gasteiger partial charge on any atom is 0.407 e. The third kappa shape index (κ3) is 7.95. The van der Waals surface area contributed by atoms with Gasteiger partial charge in [-0.25, -0.2) is 14.2 Å². The lowest BCUT2D eigenvalue weighted by molar-refractivity contribution is -0.147. The second kappa shape index (κ2) is 13.9. The lowest BCUT2D eigenvalue weighted by atomic mass is 9.98. The quantitative estimate of drug-likeness (QED) is 0.130. The zero-order chi connectivity index (χ0) is 31.1. The molecule has 0 radical (unpaired) electrons. The predicted octanol–water partition coefficient (Wildman–Crippen LogP) is 7.51. The molecule has 4 aromatic rings. The van der Waals surface area contributed by atoms with Crippen LogP contribution in [0.1, 0.15) is 42.0 Å². The highest BCUT2D eigenvalue weighted by molar-refractivity contribution is 7.53. The Balaban J connectivity index is 1.26. The van der Waals surface area contributed by atoms with Gasteiger partial charge in [0.05, 0.1) is 6.10 Å². The maximum atomic E-state index is 13.2. The van der Waals surface area contributed by atoms with Crippen LogP contribution in [0.15, 0.2) is 103 Å². The Morgan fingerprint density at radius 2 is 1.36 bits per heavy atom. The molecule has 44 heavy (non-hydrogen) atoms. The third-order valence-electron chi connectivity index (χ3n) is 7.18. The summed E-state index contributed by atoms with van der Waals surface area (Å²) in [6, 6.07) is 31.3. The molecule has 2 atom stereocenters. The SMILES string of the molecule is CC(C)OP(C)(=O)Oc1ccc(C[C@H](NC(=O)OCC2c3ccccc3-c3ccccc32)C(=O)OCc2ccccc2)cc1. The number of nitrogens with one attached hydrogen (secondary N) is 1. The van der Waals surface area contributed by atoms with Crippen molar-refractivity contribution in [3.63, 3.8) is 0 Å². The number of ether oxygens (including phenoxy) is 2. The standard InChI is InChI=1S/C35H36NO7P/c1-24(2)42-44(3,39)43-27-19-17-25(18-20-27)21-33(34(37)40-22-26-11-5-4-6-12-26)36-35(38)41-23-32-30-15-9-7-13-28(30)29-14-8-10-16-31(29)32/h4-20,24,32-33H,21-23H2,1-3H3,(H,36,38)/t33-,44?/m0/s1. The van der Waals surface area contributed by atoms with Crippen LogP contribution in [0.3, 0.4) is 0 Å². The minimum absolute atomic E-state index is 0.0664. The molecular formula is C35H36NO7P. The van der Waals surface area contributed by atoms with Crippen molar-refractivity contribution in [3.8, 4) is 16.9 Å². The molecule has 9 heteroatoms. The molecule has 228 valence electrons. The van der Waals surface area contributed by atoms with Crippen molar-refractivity contribution in [2.45, 2.75) is 44.9 Å². The third-order valence-corrected chi connectivity index (χ3v) is 8.53. The number of hydrogen-bond donors (Lipinski definition) is 1. The van der Waals surface area contributed by atoms with Crippen LogP contribution < -0.4 is 9.84 Å². The fourth-order valence-corrected chi connectivity index (χ4v) is 6.64. The van der Waals surface area contributed by atoms with E-state index >= 15 is 0 Å². The molecule has 1 unspecified atom stereocenters. The van der Waals surface area contributed by atoms with E-state index in [9.17, 15) is 14.2 Å². The van der Waals surface area contributed by atoms with Gasteiger partial charge >= 0.3 is 19.7 Å². The lowest BCUT2D eigenvalue weighted by Crippen LogP contribution is -2.43. The average molecular weight is 614 g/mol. The zero-order valence-corrected chi connectivity index (χ0v) is 25.9. The second-order valence-corrected chi connectivity index (χ2v) is 12.9. The molecule has 5 rings (SSSR count). The van der Waals surface area contributed by atoms with Crippen LogP contribution in [0.2, 0.25) is 0 Å². The Hall–Kier alpha value is -4.39. The lowest BCUT2D eigenvalue weighted by Gasteiger charge is -2.20. The summed E-state index contributed by atoms with van der Waals surface area (Å²) in [5.74, 6) is -0.336. The Morgan fingerprint density at radius 1 is 0.773 bits per heavy atom. The normalized spacial score (nSPS) is 14.2. The van der Waals surface area contributed by atoms with E-state index in [1.54, 1.807) is 38.1 Å². The number of rotatable bonds is 12. The Bertz CT molecular complexity index is 1590. The Kier molecular flexibility index (Phi) is 9.83. The van der Waals surface area contributed by atoms with Crippen LogP contribution in [0.4, 0.5) is 4.79 Å². The minimum Gasteiger partial charge on any atom is -0.459 e. The number of hydrogen-bond acceptors (Lipinski definition) is 7. The Labute approximate surface area is 257 Å². The molecule has 0 saturated heterocycles. The Morgan fingerprint density at radius 3 is 1.98 bits per heavy atom. The molecule has 0 fully saturated rings. The van der Waals surface area contributed by atoms with Crippen LogP contribution in [0.5, 0.6) is 5.75 Å². The summed E-state index contributed by atoms with van der Waals surface area (Å²) in [7, 11) is -3.29. The summed E-state index contributed by atoms with van der Waals surface area (Å²) in [5.41, 5.74) is 6.00. The summed E-state index contributed by atoms with van der Waals surface area (Å²) < 4.78 is 34.8. The van der Waals surface area contributed by atoms with Crippen LogP contribution in [0, 0.1) is 0 Å². The fourth-order valence-electron chi connectivity index (χ4n) is 5.32. The van der Waals surface area contributed by atoms with Gasteiger partial charge in [0, 0.05) is 19.0 Å². The van der Waals surface area contributed by atoms with Crippen molar-refractivity contribution in [2.24, 2.45) is 0 Å². The van der Waals surface area contributed by atoms with Crippen molar-refractivity contribution in [1.29, 1.82) is 0 Å². The second-order valence-electron chi connectivity index (χ2n) is 11.0. The smallest absolute Gasteiger partial charge is 0.407 e. The first-order valence-electron chi connectivity index (χ1n) is 14.5. The fraction of sp³-hybridized carbons (Fsp3) is 0.257. The van der Waals surface area contributed by atoms with Gasteiger partial charge in [-0.05, 0) is 59.4 Å². The van der Waals surface area contributed by atoms with E-state index in [-0.39, 0.29) is 31.7 Å². The van der Waals surface area contributed by atoms with E-state index in [0.29, 0.717) is 5.75 Å². The predicted molar refractivity (Wildman–Crippen MR) is 169 cm³/mol. The monoisotopic (exact) mass is 613 g/mol.